The highest BCUT2D eigenvalue weighted by Gasteiger charge is 2.13. The standard InChI is InChI=1S/C16H17N5O2.C8H15NO.C5H9NO.C2H2/c1-23-14-9-12(8-11-4-2-3-5-13(11)14)21-15(22)6-7-19-16(18)20-10-17;1-2-9-7-5-3-4-6-8(9)10;7-5-6-3-1-2-4-6;1-2/h2-5,8-9H,6-7H2,1H3,(H,21,22)(H3,18,19,20);2-7H2,1H3;5H,1-4H2;1-2H. The number of aliphatic imine (C=N–C) groups is 1. The Labute approximate surface area is 249 Å². The Morgan fingerprint density at radius 3 is 2.45 bits per heavy atom. The summed E-state index contributed by atoms with van der Waals surface area (Å²) in [6.07, 6.45) is 17.4. The number of carbonyl (C=O) groups is 3. The third-order valence-electron chi connectivity index (χ3n) is 6.48. The van der Waals surface area contributed by atoms with Crippen molar-refractivity contribution < 1.29 is 19.1 Å². The summed E-state index contributed by atoms with van der Waals surface area (Å²) < 4.78 is 5.36. The molecule has 11 nitrogen and oxygen atoms in total. The van der Waals surface area contributed by atoms with E-state index in [0.717, 1.165) is 56.2 Å². The van der Waals surface area contributed by atoms with Gasteiger partial charge in [-0.05, 0) is 44.1 Å². The van der Waals surface area contributed by atoms with Crippen molar-refractivity contribution in [2.24, 2.45) is 10.7 Å². The van der Waals surface area contributed by atoms with Gasteiger partial charge in [0.2, 0.25) is 24.2 Å². The molecular weight excluding hydrogens is 534 g/mol. The first-order chi connectivity index (χ1) is 20.4. The van der Waals surface area contributed by atoms with Gasteiger partial charge in [0.1, 0.15) is 5.75 Å². The molecule has 0 radical (unpaired) electrons. The molecular formula is C31H43N7O4. The van der Waals surface area contributed by atoms with Gasteiger partial charge in [-0.15, -0.1) is 12.8 Å². The third-order valence-corrected chi connectivity index (χ3v) is 6.48. The van der Waals surface area contributed by atoms with Gasteiger partial charge < -0.3 is 25.6 Å². The van der Waals surface area contributed by atoms with Gasteiger partial charge in [-0.2, -0.15) is 5.26 Å². The van der Waals surface area contributed by atoms with E-state index in [9.17, 15) is 14.4 Å². The maximum absolute atomic E-state index is 11.9. The van der Waals surface area contributed by atoms with Crippen LogP contribution in [0.4, 0.5) is 5.69 Å². The molecule has 226 valence electrons. The Kier molecular flexibility index (Phi) is 17.7. The zero-order chi connectivity index (χ0) is 31.2. The summed E-state index contributed by atoms with van der Waals surface area (Å²) in [6, 6.07) is 11.4. The smallest absolute Gasteiger partial charge is 0.226 e. The Balaban J connectivity index is 0.000000378. The number of amides is 3. The van der Waals surface area contributed by atoms with Crippen molar-refractivity contribution in [3.63, 3.8) is 0 Å². The van der Waals surface area contributed by atoms with Gasteiger partial charge in [0.15, 0.2) is 6.19 Å². The number of terminal acetylenes is 1. The Morgan fingerprint density at radius 1 is 1.14 bits per heavy atom. The number of nitrogens with one attached hydrogen (secondary N) is 2. The fourth-order valence-corrected chi connectivity index (χ4v) is 4.33. The zero-order valence-electron chi connectivity index (χ0n) is 24.7. The van der Waals surface area contributed by atoms with Crippen LogP contribution in [0.3, 0.4) is 0 Å². The van der Waals surface area contributed by atoms with Crippen molar-refractivity contribution in [3.05, 3.63) is 36.4 Å². The molecule has 2 aromatic carbocycles. The van der Waals surface area contributed by atoms with Crippen LogP contribution in [-0.2, 0) is 14.4 Å². The van der Waals surface area contributed by atoms with Gasteiger partial charge in [0, 0.05) is 56.2 Å². The van der Waals surface area contributed by atoms with Crippen LogP contribution in [0.5, 0.6) is 5.75 Å². The van der Waals surface area contributed by atoms with Crippen LogP contribution >= 0.6 is 0 Å². The van der Waals surface area contributed by atoms with Crippen LogP contribution in [0, 0.1) is 24.3 Å². The van der Waals surface area contributed by atoms with E-state index in [2.05, 4.69) is 28.5 Å². The number of ether oxygens (including phenoxy) is 1. The summed E-state index contributed by atoms with van der Waals surface area (Å²) in [5.74, 6) is 0.836. The lowest BCUT2D eigenvalue weighted by atomic mass is 10.1. The third kappa shape index (κ3) is 13.1. The zero-order valence-corrected chi connectivity index (χ0v) is 24.7. The predicted octanol–water partition coefficient (Wildman–Crippen LogP) is 3.46. The quantitative estimate of drug-likeness (QED) is 0.114. The van der Waals surface area contributed by atoms with Crippen LogP contribution in [0.2, 0.25) is 0 Å². The van der Waals surface area contributed by atoms with Gasteiger partial charge >= 0.3 is 0 Å². The molecule has 0 aliphatic carbocycles. The summed E-state index contributed by atoms with van der Waals surface area (Å²) in [6.45, 7) is 6.06. The van der Waals surface area contributed by atoms with E-state index in [-0.39, 0.29) is 24.8 Å². The minimum Gasteiger partial charge on any atom is -0.496 e. The molecule has 0 atom stereocenters. The highest BCUT2D eigenvalue weighted by atomic mass is 16.5. The van der Waals surface area contributed by atoms with Gasteiger partial charge in [0.25, 0.3) is 0 Å². The fraction of sp³-hybridized carbons (Fsp3) is 0.452. The van der Waals surface area contributed by atoms with E-state index in [1.54, 1.807) is 24.3 Å². The molecule has 0 bridgehead atoms. The highest BCUT2D eigenvalue weighted by Crippen LogP contribution is 2.29. The number of nitrogens with zero attached hydrogens (tertiary/aromatic N) is 4. The van der Waals surface area contributed by atoms with Gasteiger partial charge in [-0.1, -0.05) is 30.7 Å². The number of fused-ring (bicyclic) bond motifs is 1. The molecule has 4 N–H and O–H groups in total. The van der Waals surface area contributed by atoms with Crippen LogP contribution in [0.1, 0.15) is 51.9 Å². The number of rotatable bonds is 7. The molecule has 0 spiro atoms. The number of likely N-dealkylation sites (tertiary alicyclic amines) is 2. The van der Waals surface area contributed by atoms with Gasteiger partial charge in [0.05, 0.1) is 13.7 Å². The number of hydrogen-bond donors (Lipinski definition) is 3. The summed E-state index contributed by atoms with van der Waals surface area (Å²) in [5.41, 5.74) is 6.04. The maximum Gasteiger partial charge on any atom is 0.226 e. The summed E-state index contributed by atoms with van der Waals surface area (Å²) in [7, 11) is 1.59. The molecule has 0 unspecified atom stereocenters. The second kappa shape index (κ2) is 21.0. The van der Waals surface area contributed by atoms with Crippen molar-refractivity contribution in [3.8, 4) is 24.8 Å². The summed E-state index contributed by atoms with van der Waals surface area (Å²) in [4.78, 5) is 40.7. The average Bonchev–Trinajstić information content (AvgIpc) is 3.46. The number of methoxy groups -OCH3 is 1. The number of guanidine groups is 1. The van der Waals surface area contributed by atoms with Crippen molar-refractivity contribution >= 4 is 40.6 Å². The number of hydrogen-bond acceptors (Lipinski definition) is 6. The Morgan fingerprint density at radius 2 is 1.83 bits per heavy atom. The largest absolute Gasteiger partial charge is 0.496 e. The van der Waals surface area contributed by atoms with E-state index >= 15 is 0 Å². The SMILES string of the molecule is C#C.CCN1CCCCCC1=O.COc1cc(NC(=O)CCN=C(N)NC#N)cc2ccccc12.O=CN1CCCC1. The lowest BCUT2D eigenvalue weighted by Gasteiger charge is -2.17. The van der Waals surface area contributed by atoms with Gasteiger partial charge in [-0.3, -0.25) is 24.7 Å². The van der Waals surface area contributed by atoms with Crippen LogP contribution in [-0.4, -0.2) is 73.8 Å². The topological polar surface area (TPSA) is 153 Å². The van der Waals surface area contributed by atoms with E-state index < -0.39 is 0 Å². The first-order valence-electron chi connectivity index (χ1n) is 14.0. The molecule has 11 heteroatoms. The summed E-state index contributed by atoms with van der Waals surface area (Å²) >= 11 is 0. The second-order valence-corrected chi connectivity index (χ2v) is 9.33. The number of nitriles is 1. The first-order valence-corrected chi connectivity index (χ1v) is 14.0. The van der Waals surface area contributed by atoms with Crippen molar-refractivity contribution in [1.82, 2.24) is 15.1 Å². The lowest BCUT2D eigenvalue weighted by Crippen LogP contribution is -2.29. The molecule has 2 saturated heterocycles. The molecule has 0 saturated carbocycles. The summed E-state index contributed by atoms with van der Waals surface area (Å²) in [5, 5.41) is 15.3. The minimum atomic E-state index is -0.198. The van der Waals surface area contributed by atoms with E-state index in [0.29, 0.717) is 17.3 Å². The van der Waals surface area contributed by atoms with Crippen LogP contribution in [0.25, 0.3) is 10.8 Å². The average molecular weight is 578 g/mol. The predicted molar refractivity (Wildman–Crippen MR) is 166 cm³/mol. The normalized spacial score (nSPS) is 14.4. The molecule has 2 aromatic rings. The molecule has 2 aliphatic heterocycles. The van der Waals surface area contributed by atoms with Crippen molar-refractivity contribution in [2.45, 2.75) is 51.9 Å². The van der Waals surface area contributed by atoms with E-state index in [4.69, 9.17) is 15.7 Å². The Bertz CT molecular complexity index is 1220. The number of benzene rings is 2. The minimum absolute atomic E-state index is 0.00678. The molecule has 3 amide bonds. The molecule has 4 rings (SSSR count). The molecule has 2 aliphatic rings. The Hall–Kier alpha value is -4.77. The van der Waals surface area contributed by atoms with Crippen molar-refractivity contribution in [1.29, 1.82) is 5.26 Å². The molecule has 2 heterocycles. The molecule has 0 aromatic heterocycles. The van der Waals surface area contributed by atoms with Crippen molar-refractivity contribution in [2.75, 3.05) is 45.2 Å². The monoisotopic (exact) mass is 577 g/mol. The molecule has 2 fully saturated rings. The van der Waals surface area contributed by atoms with E-state index in [1.807, 2.05) is 42.2 Å². The van der Waals surface area contributed by atoms with Crippen LogP contribution in [0.15, 0.2) is 41.4 Å². The number of carbonyl (C=O) groups excluding carboxylic acids is 3. The number of nitrogens with two attached hydrogens (primary N) is 1. The van der Waals surface area contributed by atoms with Crippen LogP contribution < -0.4 is 21.1 Å². The van der Waals surface area contributed by atoms with Gasteiger partial charge in [-0.25, -0.2) is 0 Å². The maximum atomic E-state index is 11.9. The molecule has 42 heavy (non-hydrogen) atoms. The lowest BCUT2D eigenvalue weighted by molar-refractivity contribution is -0.130. The highest BCUT2D eigenvalue weighted by molar-refractivity contribution is 5.97. The first kappa shape index (κ1) is 35.3. The second-order valence-electron chi connectivity index (χ2n) is 9.33. The van der Waals surface area contributed by atoms with E-state index in [1.165, 1.54) is 25.7 Å². The number of anilines is 1. The fourth-order valence-electron chi connectivity index (χ4n) is 4.33.